The molecule has 11 nitrogen and oxygen atoms in total. The van der Waals surface area contributed by atoms with Crippen LogP contribution in [0.4, 0.5) is 16.2 Å². The summed E-state index contributed by atoms with van der Waals surface area (Å²) < 4.78 is 6.66. The van der Waals surface area contributed by atoms with Crippen LogP contribution < -0.4 is 5.32 Å². The number of thioether (sulfide) groups is 1. The molecule has 0 aliphatic carbocycles. The number of carbonyl (C=O) groups is 4. The molecule has 1 aromatic heterocycles. The number of nitrogens with zero attached hydrogens (tertiary/aromatic N) is 3. The number of hydrogen-bond acceptors (Lipinski definition) is 8. The lowest BCUT2D eigenvalue weighted by molar-refractivity contribution is -0.385. The summed E-state index contributed by atoms with van der Waals surface area (Å²) in [6.45, 7) is 1.43. The lowest BCUT2D eigenvalue weighted by Crippen LogP contribution is -2.36. The lowest BCUT2D eigenvalue weighted by Gasteiger charge is -2.13. The van der Waals surface area contributed by atoms with E-state index in [0.29, 0.717) is 23.0 Å². The smallest absolute Gasteiger partial charge is 0.339 e. The van der Waals surface area contributed by atoms with Crippen LogP contribution in [-0.2, 0) is 20.9 Å². The number of amides is 3. The van der Waals surface area contributed by atoms with Gasteiger partial charge in [0, 0.05) is 29.2 Å². The van der Waals surface area contributed by atoms with E-state index in [4.69, 9.17) is 16.3 Å². The molecule has 1 N–H and O–H groups in total. The van der Waals surface area contributed by atoms with Crippen LogP contribution in [0, 0.1) is 10.1 Å². The largest absolute Gasteiger partial charge is 0.462 e. The van der Waals surface area contributed by atoms with Gasteiger partial charge >= 0.3 is 5.97 Å². The van der Waals surface area contributed by atoms with Gasteiger partial charge in [0.1, 0.15) is 6.54 Å². The van der Waals surface area contributed by atoms with Gasteiger partial charge in [-0.25, -0.2) is 4.79 Å². The number of hydrogen-bond donors (Lipinski definition) is 1. The first-order valence-electron chi connectivity index (χ1n) is 11.6. The number of esters is 1. The van der Waals surface area contributed by atoms with Crippen molar-refractivity contribution in [3.05, 3.63) is 97.7 Å². The molecule has 1 fully saturated rings. The van der Waals surface area contributed by atoms with E-state index in [9.17, 15) is 29.3 Å². The molecule has 0 atom stereocenters. The topological polar surface area (TPSA) is 141 Å². The first-order chi connectivity index (χ1) is 18.7. The van der Waals surface area contributed by atoms with Crippen molar-refractivity contribution in [3.63, 3.8) is 0 Å². The SMILES string of the molecule is CCOC(=O)c1cc(NC(=O)CN2C(=O)S/C(=C/c3cccn3Cc3ccccc3[N+](=O)[O-])C2=O)ccc1Cl. The van der Waals surface area contributed by atoms with Gasteiger partial charge in [-0.2, -0.15) is 0 Å². The highest BCUT2D eigenvalue weighted by molar-refractivity contribution is 8.18. The predicted octanol–water partition coefficient (Wildman–Crippen LogP) is 4.95. The Kier molecular flexibility index (Phi) is 8.47. The van der Waals surface area contributed by atoms with Crippen molar-refractivity contribution in [3.8, 4) is 0 Å². The molecule has 3 amide bonds. The zero-order valence-electron chi connectivity index (χ0n) is 20.5. The van der Waals surface area contributed by atoms with Gasteiger partial charge in [0.25, 0.3) is 16.8 Å². The molecule has 1 aliphatic heterocycles. The van der Waals surface area contributed by atoms with E-state index in [0.717, 1.165) is 4.90 Å². The highest BCUT2D eigenvalue weighted by Gasteiger charge is 2.36. The molecule has 3 aromatic rings. The van der Waals surface area contributed by atoms with E-state index in [1.807, 2.05) is 0 Å². The van der Waals surface area contributed by atoms with Crippen molar-refractivity contribution in [2.45, 2.75) is 13.5 Å². The van der Waals surface area contributed by atoms with Crippen LogP contribution in [0.2, 0.25) is 5.02 Å². The molecule has 1 saturated heterocycles. The average molecular weight is 569 g/mol. The zero-order chi connectivity index (χ0) is 28.1. The summed E-state index contributed by atoms with van der Waals surface area (Å²) in [7, 11) is 0. The van der Waals surface area contributed by atoms with Crippen molar-refractivity contribution in [1.29, 1.82) is 0 Å². The minimum absolute atomic E-state index is 0.0291. The number of ether oxygens (including phenoxy) is 1. The lowest BCUT2D eigenvalue weighted by atomic mass is 10.2. The van der Waals surface area contributed by atoms with Crippen LogP contribution in [-0.4, -0.2) is 50.6 Å². The Balaban J connectivity index is 1.46. The quantitative estimate of drug-likeness (QED) is 0.165. The molecule has 0 saturated carbocycles. The number of benzene rings is 2. The Labute approximate surface area is 231 Å². The fraction of sp³-hybridized carbons (Fsp3) is 0.154. The molecule has 200 valence electrons. The summed E-state index contributed by atoms with van der Waals surface area (Å²) >= 11 is 6.72. The van der Waals surface area contributed by atoms with Gasteiger partial charge in [-0.15, -0.1) is 0 Å². The van der Waals surface area contributed by atoms with Crippen molar-refractivity contribution >= 4 is 63.8 Å². The normalized spacial score (nSPS) is 14.1. The van der Waals surface area contributed by atoms with Crippen LogP contribution in [0.1, 0.15) is 28.5 Å². The molecule has 13 heteroatoms. The number of imide groups is 1. The summed E-state index contributed by atoms with van der Waals surface area (Å²) in [5, 5.41) is 13.4. The Morgan fingerprint density at radius 2 is 1.92 bits per heavy atom. The number of para-hydroxylation sites is 1. The van der Waals surface area contributed by atoms with E-state index in [1.54, 1.807) is 48.0 Å². The number of halogens is 1. The minimum Gasteiger partial charge on any atom is -0.462 e. The maximum Gasteiger partial charge on any atom is 0.339 e. The van der Waals surface area contributed by atoms with E-state index in [-0.39, 0.29) is 40.0 Å². The van der Waals surface area contributed by atoms with E-state index < -0.39 is 34.5 Å². The van der Waals surface area contributed by atoms with Crippen molar-refractivity contribution in [2.24, 2.45) is 0 Å². The third kappa shape index (κ3) is 6.36. The molecular weight excluding hydrogens is 548 g/mol. The molecule has 2 heterocycles. The summed E-state index contributed by atoms with van der Waals surface area (Å²) in [6.07, 6.45) is 3.21. The van der Waals surface area contributed by atoms with E-state index in [2.05, 4.69) is 5.32 Å². The third-order valence-electron chi connectivity index (χ3n) is 5.59. The van der Waals surface area contributed by atoms with Gasteiger partial charge in [-0.3, -0.25) is 29.4 Å². The molecule has 2 aromatic carbocycles. The number of carbonyl (C=O) groups excluding carboxylic acids is 4. The van der Waals surface area contributed by atoms with Gasteiger partial charge in [0.2, 0.25) is 5.91 Å². The summed E-state index contributed by atoms with van der Waals surface area (Å²) in [5.74, 6) is -1.96. The Hall–Kier alpha value is -4.42. The highest BCUT2D eigenvalue weighted by Crippen LogP contribution is 2.32. The highest BCUT2D eigenvalue weighted by atomic mass is 35.5. The van der Waals surface area contributed by atoms with Gasteiger partial charge in [0.15, 0.2) is 0 Å². The van der Waals surface area contributed by atoms with Crippen molar-refractivity contribution < 1.29 is 28.8 Å². The van der Waals surface area contributed by atoms with Crippen molar-refractivity contribution in [1.82, 2.24) is 9.47 Å². The minimum atomic E-state index is -0.657. The number of anilines is 1. The maximum absolute atomic E-state index is 13.0. The monoisotopic (exact) mass is 568 g/mol. The van der Waals surface area contributed by atoms with Gasteiger partial charge in [-0.1, -0.05) is 29.8 Å². The molecule has 0 unspecified atom stereocenters. The first-order valence-corrected chi connectivity index (χ1v) is 12.8. The number of rotatable bonds is 9. The number of nitro benzene ring substituents is 1. The van der Waals surface area contributed by atoms with Crippen LogP contribution >= 0.6 is 23.4 Å². The van der Waals surface area contributed by atoms with Crippen LogP contribution in [0.25, 0.3) is 6.08 Å². The molecule has 0 spiro atoms. The summed E-state index contributed by atoms with van der Waals surface area (Å²) in [4.78, 5) is 62.0. The number of nitro groups is 1. The average Bonchev–Trinajstić information content (AvgIpc) is 3.44. The fourth-order valence-corrected chi connectivity index (χ4v) is 4.81. The Bertz CT molecular complexity index is 1520. The van der Waals surface area contributed by atoms with Crippen LogP contribution in [0.15, 0.2) is 65.7 Å². The van der Waals surface area contributed by atoms with Crippen LogP contribution in [0.5, 0.6) is 0 Å². The van der Waals surface area contributed by atoms with E-state index in [1.165, 1.54) is 30.3 Å². The van der Waals surface area contributed by atoms with Crippen LogP contribution in [0.3, 0.4) is 0 Å². The van der Waals surface area contributed by atoms with Gasteiger partial charge in [0.05, 0.1) is 33.6 Å². The third-order valence-corrected chi connectivity index (χ3v) is 6.83. The maximum atomic E-state index is 13.0. The molecule has 39 heavy (non-hydrogen) atoms. The molecule has 4 rings (SSSR count). The zero-order valence-corrected chi connectivity index (χ0v) is 22.0. The second-order valence-electron chi connectivity index (χ2n) is 8.18. The molecular formula is C26H21ClN4O7S. The Morgan fingerprint density at radius 1 is 1.15 bits per heavy atom. The first kappa shape index (κ1) is 27.6. The van der Waals surface area contributed by atoms with Crippen molar-refractivity contribution in [2.75, 3.05) is 18.5 Å². The van der Waals surface area contributed by atoms with Gasteiger partial charge < -0.3 is 14.6 Å². The second-order valence-corrected chi connectivity index (χ2v) is 9.58. The predicted molar refractivity (Wildman–Crippen MR) is 145 cm³/mol. The number of aromatic nitrogens is 1. The molecule has 0 radical (unpaired) electrons. The molecule has 0 bridgehead atoms. The van der Waals surface area contributed by atoms with Gasteiger partial charge in [-0.05, 0) is 55.1 Å². The standard InChI is InChI=1S/C26H21ClN4O7S/c1-2-38-25(34)19-12-17(9-10-20(19)27)28-23(32)15-30-24(33)22(39-26(30)35)13-18-7-5-11-29(18)14-16-6-3-4-8-21(16)31(36)37/h3-13H,2,14-15H2,1H3,(H,28,32)/b22-13+. The Morgan fingerprint density at radius 3 is 2.67 bits per heavy atom. The van der Waals surface area contributed by atoms with E-state index >= 15 is 0 Å². The second kappa shape index (κ2) is 12.0. The fourth-order valence-electron chi connectivity index (χ4n) is 3.79. The number of nitrogens with one attached hydrogen (secondary N) is 1. The molecule has 1 aliphatic rings. The summed E-state index contributed by atoms with van der Waals surface area (Å²) in [6, 6.07) is 14.0. The summed E-state index contributed by atoms with van der Waals surface area (Å²) in [5.41, 5.74) is 1.30.